The molecule has 4 heteroatoms. The molecule has 0 saturated carbocycles. The summed E-state index contributed by atoms with van der Waals surface area (Å²) in [7, 11) is 0. The van der Waals surface area contributed by atoms with E-state index in [0.29, 0.717) is 12.5 Å². The minimum atomic E-state index is -0.385. The number of ether oxygens (including phenoxy) is 1. The number of amides is 1. The van der Waals surface area contributed by atoms with Crippen molar-refractivity contribution in [1.82, 2.24) is 5.43 Å². The first kappa shape index (κ1) is 13.4. The molecule has 0 saturated heterocycles. The lowest BCUT2D eigenvalue weighted by molar-refractivity contribution is -0.133. The number of hydrazine groups is 1. The second-order valence-electron chi connectivity index (χ2n) is 3.84. The lowest BCUT2D eigenvalue weighted by Crippen LogP contribution is -2.40. The zero-order chi connectivity index (χ0) is 11.0. The van der Waals surface area contributed by atoms with Crippen molar-refractivity contribution in [3.63, 3.8) is 0 Å². The van der Waals surface area contributed by atoms with Crippen molar-refractivity contribution in [2.75, 3.05) is 6.61 Å². The van der Waals surface area contributed by atoms with Crippen LogP contribution in [0.25, 0.3) is 0 Å². The molecule has 3 N–H and O–H groups in total. The fraction of sp³-hybridized carbons (Fsp3) is 0.900. The summed E-state index contributed by atoms with van der Waals surface area (Å²) < 4.78 is 5.45. The van der Waals surface area contributed by atoms with Crippen LogP contribution in [0.4, 0.5) is 0 Å². The molecule has 0 aromatic heterocycles. The molecule has 4 nitrogen and oxygen atoms in total. The first-order valence-corrected chi connectivity index (χ1v) is 5.23. The van der Waals surface area contributed by atoms with E-state index < -0.39 is 0 Å². The topological polar surface area (TPSA) is 64.3 Å². The maximum absolute atomic E-state index is 11.2. The molecule has 1 amide bonds. The van der Waals surface area contributed by atoms with E-state index >= 15 is 0 Å². The number of nitrogens with two attached hydrogens (primary N) is 1. The number of nitrogens with one attached hydrogen (secondary N) is 1. The summed E-state index contributed by atoms with van der Waals surface area (Å²) in [6.07, 6.45) is 2.22. The van der Waals surface area contributed by atoms with E-state index in [1.165, 1.54) is 0 Å². The van der Waals surface area contributed by atoms with Crippen LogP contribution >= 0.6 is 0 Å². The molecule has 0 bridgehead atoms. The van der Waals surface area contributed by atoms with Gasteiger partial charge in [0, 0.05) is 6.61 Å². The third kappa shape index (κ3) is 5.94. The average molecular weight is 202 g/mol. The molecule has 0 fully saturated rings. The van der Waals surface area contributed by atoms with E-state index in [-0.39, 0.29) is 12.0 Å². The predicted octanol–water partition coefficient (Wildman–Crippen LogP) is 1.21. The third-order valence-corrected chi connectivity index (χ3v) is 2.00. The largest absolute Gasteiger partial charge is 0.368 e. The summed E-state index contributed by atoms with van der Waals surface area (Å²) >= 11 is 0. The molecule has 0 heterocycles. The lowest BCUT2D eigenvalue weighted by Gasteiger charge is -2.15. The Morgan fingerprint density at radius 3 is 2.50 bits per heavy atom. The second-order valence-corrected chi connectivity index (χ2v) is 3.84. The van der Waals surface area contributed by atoms with Crippen LogP contribution in [-0.2, 0) is 9.53 Å². The summed E-state index contributed by atoms with van der Waals surface area (Å²) in [4.78, 5) is 11.2. The van der Waals surface area contributed by atoms with E-state index in [4.69, 9.17) is 10.6 Å². The van der Waals surface area contributed by atoms with Crippen molar-refractivity contribution in [3.8, 4) is 0 Å². The minimum absolute atomic E-state index is 0.226. The van der Waals surface area contributed by atoms with Gasteiger partial charge < -0.3 is 4.74 Å². The second kappa shape index (κ2) is 7.76. The van der Waals surface area contributed by atoms with E-state index in [1.807, 2.05) is 6.92 Å². The number of carbonyl (C=O) groups excluding carboxylic acids is 1. The Balaban J connectivity index is 3.78. The van der Waals surface area contributed by atoms with Gasteiger partial charge in [0.2, 0.25) is 0 Å². The molecule has 84 valence electrons. The highest BCUT2D eigenvalue weighted by Gasteiger charge is 2.16. The molecular weight excluding hydrogens is 180 g/mol. The van der Waals surface area contributed by atoms with Crippen LogP contribution in [-0.4, -0.2) is 18.6 Å². The van der Waals surface area contributed by atoms with E-state index in [0.717, 1.165) is 19.3 Å². The molecular formula is C10H22N2O2. The summed E-state index contributed by atoms with van der Waals surface area (Å²) in [5.74, 6) is 5.42. The zero-order valence-corrected chi connectivity index (χ0v) is 9.38. The Hall–Kier alpha value is -0.610. The fourth-order valence-electron chi connectivity index (χ4n) is 1.09. The standard InChI is InChI=1S/C10H22N2O2/c1-4-5-9(10(13)12-11)14-7-6-8(2)3/h8-9H,4-7,11H2,1-3H3,(H,12,13). The van der Waals surface area contributed by atoms with Gasteiger partial charge in [0.25, 0.3) is 5.91 Å². The van der Waals surface area contributed by atoms with Gasteiger partial charge in [-0.3, -0.25) is 10.2 Å². The Bertz CT molecular complexity index is 160. The van der Waals surface area contributed by atoms with Crippen molar-refractivity contribution >= 4 is 5.91 Å². The van der Waals surface area contributed by atoms with Crippen LogP contribution in [0, 0.1) is 5.92 Å². The molecule has 14 heavy (non-hydrogen) atoms. The van der Waals surface area contributed by atoms with Crippen LogP contribution in [0.2, 0.25) is 0 Å². The molecule has 0 aromatic carbocycles. The summed E-state index contributed by atoms with van der Waals surface area (Å²) in [6, 6.07) is 0. The molecule has 0 rings (SSSR count). The SMILES string of the molecule is CCCC(OCCC(C)C)C(=O)NN. The number of rotatable bonds is 7. The summed E-state index contributed by atoms with van der Waals surface area (Å²) in [6.45, 7) is 6.89. The highest BCUT2D eigenvalue weighted by Crippen LogP contribution is 2.06. The Morgan fingerprint density at radius 1 is 1.43 bits per heavy atom. The quantitative estimate of drug-likeness (QED) is 0.370. The fourth-order valence-corrected chi connectivity index (χ4v) is 1.09. The molecule has 0 aliphatic carbocycles. The van der Waals surface area contributed by atoms with E-state index in [2.05, 4.69) is 19.3 Å². The minimum Gasteiger partial charge on any atom is -0.368 e. The number of hydrogen-bond acceptors (Lipinski definition) is 3. The molecule has 0 radical (unpaired) electrons. The zero-order valence-electron chi connectivity index (χ0n) is 9.38. The van der Waals surface area contributed by atoms with Crippen LogP contribution in [0.1, 0.15) is 40.0 Å². The van der Waals surface area contributed by atoms with Gasteiger partial charge in [-0.2, -0.15) is 0 Å². The molecule has 0 aliphatic rings. The molecule has 0 aromatic rings. The van der Waals surface area contributed by atoms with Crippen LogP contribution in [0.5, 0.6) is 0 Å². The van der Waals surface area contributed by atoms with Crippen LogP contribution in [0.15, 0.2) is 0 Å². The number of hydrogen-bond donors (Lipinski definition) is 2. The number of carbonyl (C=O) groups is 1. The van der Waals surface area contributed by atoms with Crippen molar-refractivity contribution in [2.45, 2.75) is 46.1 Å². The molecule has 0 aliphatic heterocycles. The molecule has 0 spiro atoms. The smallest absolute Gasteiger partial charge is 0.262 e. The lowest BCUT2D eigenvalue weighted by atomic mass is 10.1. The van der Waals surface area contributed by atoms with Gasteiger partial charge in [0.1, 0.15) is 6.10 Å². The maximum Gasteiger partial charge on any atom is 0.262 e. The Morgan fingerprint density at radius 2 is 2.07 bits per heavy atom. The van der Waals surface area contributed by atoms with E-state index in [9.17, 15) is 4.79 Å². The van der Waals surface area contributed by atoms with Gasteiger partial charge in [-0.1, -0.05) is 27.2 Å². The van der Waals surface area contributed by atoms with Crippen LogP contribution < -0.4 is 11.3 Å². The third-order valence-electron chi connectivity index (χ3n) is 2.00. The van der Waals surface area contributed by atoms with Crippen LogP contribution in [0.3, 0.4) is 0 Å². The van der Waals surface area contributed by atoms with Crippen molar-refractivity contribution < 1.29 is 9.53 Å². The van der Waals surface area contributed by atoms with Gasteiger partial charge in [-0.25, -0.2) is 5.84 Å². The van der Waals surface area contributed by atoms with Gasteiger partial charge in [-0.05, 0) is 18.8 Å². The average Bonchev–Trinajstić information content (AvgIpc) is 2.15. The Labute approximate surface area is 86.2 Å². The van der Waals surface area contributed by atoms with Gasteiger partial charge in [0.15, 0.2) is 0 Å². The first-order valence-electron chi connectivity index (χ1n) is 5.23. The normalized spacial score (nSPS) is 12.9. The molecule has 1 unspecified atom stereocenters. The maximum atomic E-state index is 11.2. The van der Waals surface area contributed by atoms with Gasteiger partial charge >= 0.3 is 0 Å². The highest BCUT2D eigenvalue weighted by atomic mass is 16.5. The summed E-state index contributed by atoms with van der Waals surface area (Å²) in [5, 5.41) is 0. The van der Waals surface area contributed by atoms with E-state index in [1.54, 1.807) is 0 Å². The van der Waals surface area contributed by atoms with Crippen molar-refractivity contribution in [2.24, 2.45) is 11.8 Å². The summed E-state index contributed by atoms with van der Waals surface area (Å²) in [5.41, 5.74) is 2.12. The van der Waals surface area contributed by atoms with Crippen molar-refractivity contribution in [3.05, 3.63) is 0 Å². The predicted molar refractivity (Wildman–Crippen MR) is 56.4 cm³/mol. The van der Waals surface area contributed by atoms with Gasteiger partial charge in [-0.15, -0.1) is 0 Å². The van der Waals surface area contributed by atoms with Gasteiger partial charge in [0.05, 0.1) is 0 Å². The first-order chi connectivity index (χ1) is 6.61. The highest BCUT2D eigenvalue weighted by molar-refractivity contribution is 5.80. The molecule has 1 atom stereocenters. The Kier molecular flexibility index (Phi) is 7.42. The monoisotopic (exact) mass is 202 g/mol. The van der Waals surface area contributed by atoms with Crippen molar-refractivity contribution in [1.29, 1.82) is 0 Å².